The van der Waals surface area contributed by atoms with Crippen LogP contribution in [0.5, 0.6) is 0 Å². The lowest BCUT2D eigenvalue weighted by molar-refractivity contribution is 0.198. The molecule has 0 amide bonds. The molecule has 0 aliphatic rings. The van der Waals surface area contributed by atoms with E-state index in [1.807, 2.05) is 6.20 Å². The fourth-order valence-corrected chi connectivity index (χ4v) is 2.16. The van der Waals surface area contributed by atoms with Crippen molar-refractivity contribution >= 4 is 10.8 Å². The third-order valence-electron chi connectivity index (χ3n) is 3.31. The van der Waals surface area contributed by atoms with Crippen LogP contribution >= 0.6 is 0 Å². The van der Waals surface area contributed by atoms with Crippen LogP contribution < -0.4 is 10.6 Å². The number of fused-ring (bicyclic) bond motifs is 1. The molecule has 0 saturated heterocycles. The van der Waals surface area contributed by atoms with Crippen LogP contribution in [-0.4, -0.2) is 37.8 Å². The molecule has 108 valence electrons. The molecule has 0 radical (unpaired) electrons. The summed E-state index contributed by atoms with van der Waals surface area (Å²) in [6, 6.07) is 10.8. The Morgan fingerprint density at radius 2 is 2.10 bits per heavy atom. The van der Waals surface area contributed by atoms with Crippen molar-refractivity contribution in [1.82, 2.24) is 15.6 Å². The summed E-state index contributed by atoms with van der Waals surface area (Å²) in [5.41, 5.74) is 1.10. The average Bonchev–Trinajstić information content (AvgIpc) is 2.49. The number of nitrogens with zero attached hydrogens (tertiary/aromatic N) is 1. The molecule has 4 heteroatoms. The minimum atomic E-state index is 0.396. The topological polar surface area (TPSA) is 46.2 Å². The van der Waals surface area contributed by atoms with E-state index in [-0.39, 0.29) is 0 Å². The molecule has 2 rings (SSSR count). The first kappa shape index (κ1) is 14.9. The molecule has 1 aromatic heterocycles. The summed E-state index contributed by atoms with van der Waals surface area (Å²) >= 11 is 0. The Kier molecular flexibility index (Phi) is 5.92. The number of pyridine rings is 1. The van der Waals surface area contributed by atoms with E-state index < -0.39 is 0 Å². The number of rotatable bonds is 8. The maximum Gasteiger partial charge on any atom is 0.0619 e. The van der Waals surface area contributed by atoms with Gasteiger partial charge in [-0.25, -0.2) is 0 Å². The van der Waals surface area contributed by atoms with Crippen molar-refractivity contribution in [3.8, 4) is 0 Å². The first-order valence-corrected chi connectivity index (χ1v) is 7.07. The van der Waals surface area contributed by atoms with Crippen molar-refractivity contribution in [2.45, 2.75) is 19.5 Å². The molecule has 1 heterocycles. The number of aromatic nitrogens is 1. The second-order valence-corrected chi connectivity index (χ2v) is 4.96. The molecule has 0 bridgehead atoms. The zero-order valence-corrected chi connectivity index (χ0v) is 12.2. The van der Waals surface area contributed by atoms with Crippen molar-refractivity contribution < 1.29 is 4.74 Å². The van der Waals surface area contributed by atoms with Gasteiger partial charge in [0.2, 0.25) is 0 Å². The third kappa shape index (κ3) is 4.27. The van der Waals surface area contributed by atoms with Crippen LogP contribution in [0.25, 0.3) is 10.8 Å². The van der Waals surface area contributed by atoms with Crippen LogP contribution in [0.15, 0.2) is 36.5 Å². The smallest absolute Gasteiger partial charge is 0.0619 e. The van der Waals surface area contributed by atoms with E-state index in [0.29, 0.717) is 6.04 Å². The summed E-state index contributed by atoms with van der Waals surface area (Å²) in [6.45, 7) is 5.51. The first-order valence-electron chi connectivity index (χ1n) is 7.07. The van der Waals surface area contributed by atoms with Crippen LogP contribution in [-0.2, 0) is 11.3 Å². The number of ether oxygens (including phenoxy) is 1. The van der Waals surface area contributed by atoms with Crippen molar-refractivity contribution in [1.29, 1.82) is 0 Å². The van der Waals surface area contributed by atoms with Gasteiger partial charge in [-0.2, -0.15) is 0 Å². The van der Waals surface area contributed by atoms with Gasteiger partial charge in [-0.15, -0.1) is 0 Å². The lowest BCUT2D eigenvalue weighted by atomic mass is 10.1. The Hall–Kier alpha value is -1.49. The van der Waals surface area contributed by atoms with Crippen molar-refractivity contribution in [2.75, 3.05) is 26.8 Å². The lowest BCUT2D eigenvalue weighted by Gasteiger charge is -2.15. The molecule has 0 aliphatic carbocycles. The van der Waals surface area contributed by atoms with Crippen LogP contribution in [0, 0.1) is 0 Å². The zero-order valence-electron chi connectivity index (χ0n) is 12.2. The average molecular weight is 273 g/mol. The maximum absolute atomic E-state index is 5.01. The summed E-state index contributed by atoms with van der Waals surface area (Å²) in [4.78, 5) is 4.49. The summed E-state index contributed by atoms with van der Waals surface area (Å²) < 4.78 is 5.01. The highest BCUT2D eigenvalue weighted by atomic mass is 16.5. The van der Waals surface area contributed by atoms with Crippen LogP contribution in [0.1, 0.15) is 12.6 Å². The minimum absolute atomic E-state index is 0.396. The van der Waals surface area contributed by atoms with Gasteiger partial charge >= 0.3 is 0 Å². The quantitative estimate of drug-likeness (QED) is 0.722. The summed E-state index contributed by atoms with van der Waals surface area (Å²) in [7, 11) is 1.72. The molecule has 4 nitrogen and oxygen atoms in total. The van der Waals surface area contributed by atoms with E-state index >= 15 is 0 Å². The second-order valence-electron chi connectivity index (χ2n) is 4.96. The molecule has 0 fully saturated rings. The third-order valence-corrected chi connectivity index (χ3v) is 3.31. The lowest BCUT2D eigenvalue weighted by Crippen LogP contribution is -2.37. The molecule has 1 atom stereocenters. The molecular weight excluding hydrogens is 250 g/mol. The van der Waals surface area contributed by atoms with E-state index in [1.54, 1.807) is 7.11 Å². The Morgan fingerprint density at radius 1 is 1.25 bits per heavy atom. The number of benzene rings is 1. The molecule has 0 aliphatic heterocycles. The highest BCUT2D eigenvalue weighted by Gasteiger charge is 2.04. The van der Waals surface area contributed by atoms with Gasteiger partial charge in [0.1, 0.15) is 0 Å². The number of hydrogen-bond donors (Lipinski definition) is 2. The van der Waals surface area contributed by atoms with Gasteiger partial charge in [-0.1, -0.05) is 24.3 Å². The maximum atomic E-state index is 5.01. The van der Waals surface area contributed by atoms with Gasteiger partial charge in [-0.05, 0) is 18.4 Å². The fourth-order valence-electron chi connectivity index (χ4n) is 2.16. The van der Waals surface area contributed by atoms with Crippen molar-refractivity contribution in [3.05, 3.63) is 42.2 Å². The van der Waals surface area contributed by atoms with Gasteiger partial charge in [-0.3, -0.25) is 4.98 Å². The molecule has 1 unspecified atom stereocenters. The van der Waals surface area contributed by atoms with E-state index in [1.165, 1.54) is 10.8 Å². The van der Waals surface area contributed by atoms with Gasteiger partial charge < -0.3 is 15.4 Å². The van der Waals surface area contributed by atoms with Gasteiger partial charge in [0.15, 0.2) is 0 Å². The van der Waals surface area contributed by atoms with E-state index in [4.69, 9.17) is 4.74 Å². The highest BCUT2D eigenvalue weighted by molar-refractivity contribution is 5.84. The molecule has 1 aromatic carbocycles. The van der Waals surface area contributed by atoms with E-state index in [9.17, 15) is 0 Å². The molecule has 0 saturated carbocycles. The van der Waals surface area contributed by atoms with Gasteiger partial charge in [0, 0.05) is 44.4 Å². The van der Waals surface area contributed by atoms with E-state index in [2.05, 4.69) is 52.9 Å². The van der Waals surface area contributed by atoms with Gasteiger partial charge in [0.05, 0.1) is 12.3 Å². The number of hydrogen-bond acceptors (Lipinski definition) is 4. The summed E-state index contributed by atoms with van der Waals surface area (Å²) in [6.07, 6.45) is 1.88. The Morgan fingerprint density at radius 3 is 2.95 bits per heavy atom. The standard InChI is InChI=1S/C16H23N3O/c1-13(11-17-9-10-20-2)19-12-16-15-6-4-3-5-14(15)7-8-18-16/h3-8,13,17,19H,9-12H2,1-2H3. The normalized spacial score (nSPS) is 12.7. The first-order chi connectivity index (χ1) is 9.81. The predicted molar refractivity (Wildman–Crippen MR) is 82.8 cm³/mol. The summed E-state index contributed by atoms with van der Waals surface area (Å²) in [5.74, 6) is 0. The predicted octanol–water partition coefficient (Wildman–Crippen LogP) is 1.95. The van der Waals surface area contributed by atoms with Crippen molar-refractivity contribution in [3.63, 3.8) is 0 Å². The van der Waals surface area contributed by atoms with Crippen LogP contribution in [0.4, 0.5) is 0 Å². The highest BCUT2D eigenvalue weighted by Crippen LogP contribution is 2.15. The molecule has 2 aromatic rings. The van der Waals surface area contributed by atoms with Gasteiger partial charge in [0.25, 0.3) is 0 Å². The second kappa shape index (κ2) is 7.94. The molecule has 2 N–H and O–H groups in total. The van der Waals surface area contributed by atoms with Crippen LogP contribution in [0.3, 0.4) is 0 Å². The zero-order chi connectivity index (χ0) is 14.2. The Bertz CT molecular complexity index is 525. The molecule has 20 heavy (non-hydrogen) atoms. The largest absolute Gasteiger partial charge is 0.383 e. The van der Waals surface area contributed by atoms with Crippen molar-refractivity contribution in [2.24, 2.45) is 0 Å². The molecule has 0 spiro atoms. The Labute approximate surface area is 120 Å². The minimum Gasteiger partial charge on any atom is -0.383 e. The fraction of sp³-hybridized carbons (Fsp3) is 0.438. The number of methoxy groups -OCH3 is 1. The SMILES string of the molecule is COCCNCC(C)NCc1nccc2ccccc12. The van der Waals surface area contributed by atoms with Crippen LogP contribution in [0.2, 0.25) is 0 Å². The molecular formula is C16H23N3O. The summed E-state index contributed by atoms with van der Waals surface area (Å²) in [5, 5.41) is 9.32. The Balaban J connectivity index is 1.86. The monoisotopic (exact) mass is 273 g/mol. The number of nitrogens with one attached hydrogen (secondary N) is 2. The van der Waals surface area contributed by atoms with E-state index in [0.717, 1.165) is 31.9 Å².